The Labute approximate surface area is 101 Å². The van der Waals surface area contributed by atoms with E-state index in [0.717, 1.165) is 0 Å². The molecular weight excluding hydrogens is 245 g/mol. The normalized spacial score (nSPS) is 10.2. The molecule has 17 heavy (non-hydrogen) atoms. The lowest BCUT2D eigenvalue weighted by atomic mass is 10.1. The van der Waals surface area contributed by atoms with Gasteiger partial charge in [-0.05, 0) is 24.3 Å². The maximum Gasteiger partial charge on any atom is 0.354 e. The van der Waals surface area contributed by atoms with Crippen molar-refractivity contribution in [3.05, 3.63) is 52.9 Å². The number of aromatic carboxylic acids is 1. The summed E-state index contributed by atoms with van der Waals surface area (Å²) in [4.78, 5) is 14.7. The van der Waals surface area contributed by atoms with Gasteiger partial charge in [0.1, 0.15) is 11.5 Å². The molecule has 0 spiro atoms. The van der Waals surface area contributed by atoms with Crippen molar-refractivity contribution < 1.29 is 14.3 Å². The SMILES string of the molecule is O=C(O)c1cccc(-c2ccc(Cl)c(F)c2)n1. The first-order valence-corrected chi connectivity index (χ1v) is 5.11. The van der Waals surface area contributed by atoms with Gasteiger partial charge in [0, 0.05) is 5.56 Å². The minimum Gasteiger partial charge on any atom is -0.477 e. The van der Waals surface area contributed by atoms with Gasteiger partial charge >= 0.3 is 5.97 Å². The van der Waals surface area contributed by atoms with E-state index < -0.39 is 11.8 Å². The summed E-state index contributed by atoms with van der Waals surface area (Å²) in [6.45, 7) is 0. The zero-order valence-corrected chi connectivity index (χ0v) is 9.28. The number of aromatic nitrogens is 1. The second-order valence-electron chi connectivity index (χ2n) is 3.34. The maximum atomic E-state index is 13.2. The molecule has 0 aliphatic carbocycles. The summed E-state index contributed by atoms with van der Waals surface area (Å²) < 4.78 is 13.2. The molecule has 0 aliphatic heterocycles. The number of nitrogens with zero attached hydrogens (tertiary/aromatic N) is 1. The lowest BCUT2D eigenvalue weighted by Gasteiger charge is -2.03. The number of pyridine rings is 1. The Balaban J connectivity index is 2.49. The largest absolute Gasteiger partial charge is 0.477 e. The molecule has 1 aromatic heterocycles. The molecule has 3 nitrogen and oxygen atoms in total. The molecule has 0 aliphatic rings. The van der Waals surface area contributed by atoms with E-state index in [2.05, 4.69) is 4.98 Å². The monoisotopic (exact) mass is 251 g/mol. The molecule has 1 aromatic carbocycles. The molecule has 86 valence electrons. The number of hydrogen-bond donors (Lipinski definition) is 1. The molecule has 5 heteroatoms. The van der Waals surface area contributed by atoms with Gasteiger partial charge in [-0.2, -0.15) is 0 Å². The van der Waals surface area contributed by atoms with Crippen LogP contribution < -0.4 is 0 Å². The fraction of sp³-hybridized carbons (Fsp3) is 0. The molecule has 0 fully saturated rings. The van der Waals surface area contributed by atoms with Gasteiger partial charge in [-0.15, -0.1) is 0 Å². The highest BCUT2D eigenvalue weighted by Gasteiger charge is 2.08. The average Bonchev–Trinajstić information content (AvgIpc) is 2.33. The van der Waals surface area contributed by atoms with E-state index in [4.69, 9.17) is 16.7 Å². The standard InChI is InChI=1S/C12H7ClFNO2/c13-8-5-4-7(6-9(8)14)10-2-1-3-11(15-10)12(16)17/h1-6H,(H,16,17). The minimum atomic E-state index is -1.12. The van der Waals surface area contributed by atoms with Crippen molar-refractivity contribution >= 4 is 17.6 Å². The summed E-state index contributed by atoms with van der Waals surface area (Å²) in [7, 11) is 0. The number of rotatable bonds is 2. The Hall–Kier alpha value is -1.94. The lowest BCUT2D eigenvalue weighted by Crippen LogP contribution is -2.00. The van der Waals surface area contributed by atoms with Crippen molar-refractivity contribution in [3.63, 3.8) is 0 Å². The van der Waals surface area contributed by atoms with Crippen LogP contribution in [0.5, 0.6) is 0 Å². The second kappa shape index (κ2) is 4.51. The summed E-state index contributed by atoms with van der Waals surface area (Å²) in [5, 5.41) is 8.81. The van der Waals surface area contributed by atoms with Gasteiger partial charge in [0.15, 0.2) is 0 Å². The Morgan fingerprint density at radius 1 is 1.29 bits per heavy atom. The molecule has 0 atom stereocenters. The van der Waals surface area contributed by atoms with Crippen molar-refractivity contribution in [2.45, 2.75) is 0 Å². The number of carboxylic acid groups (broad SMARTS) is 1. The maximum absolute atomic E-state index is 13.2. The van der Waals surface area contributed by atoms with Crippen LogP contribution in [-0.2, 0) is 0 Å². The van der Waals surface area contributed by atoms with E-state index in [9.17, 15) is 9.18 Å². The molecule has 2 rings (SSSR count). The molecule has 0 amide bonds. The number of carbonyl (C=O) groups is 1. The van der Waals surface area contributed by atoms with Crippen LogP contribution in [-0.4, -0.2) is 16.1 Å². The van der Waals surface area contributed by atoms with Crippen molar-refractivity contribution in [3.8, 4) is 11.3 Å². The van der Waals surface area contributed by atoms with E-state index in [1.54, 1.807) is 18.2 Å². The van der Waals surface area contributed by atoms with Crippen LogP contribution in [0.25, 0.3) is 11.3 Å². The van der Waals surface area contributed by atoms with Crippen LogP contribution in [0.15, 0.2) is 36.4 Å². The summed E-state index contributed by atoms with van der Waals surface area (Å²) in [6.07, 6.45) is 0. The predicted molar refractivity (Wildman–Crippen MR) is 61.6 cm³/mol. The van der Waals surface area contributed by atoms with Gasteiger partial charge in [0.25, 0.3) is 0 Å². The zero-order chi connectivity index (χ0) is 12.4. The summed E-state index contributed by atoms with van der Waals surface area (Å²) in [6, 6.07) is 8.74. The van der Waals surface area contributed by atoms with E-state index in [1.165, 1.54) is 18.2 Å². The highest BCUT2D eigenvalue weighted by atomic mass is 35.5. The van der Waals surface area contributed by atoms with Crippen molar-refractivity contribution in [1.29, 1.82) is 0 Å². The van der Waals surface area contributed by atoms with Crippen LogP contribution in [0.2, 0.25) is 5.02 Å². The lowest BCUT2D eigenvalue weighted by molar-refractivity contribution is 0.0690. The van der Waals surface area contributed by atoms with Crippen LogP contribution in [0.4, 0.5) is 4.39 Å². The Morgan fingerprint density at radius 3 is 2.71 bits per heavy atom. The fourth-order valence-corrected chi connectivity index (χ4v) is 1.49. The van der Waals surface area contributed by atoms with Crippen LogP contribution in [0.1, 0.15) is 10.5 Å². The molecule has 2 aromatic rings. The van der Waals surface area contributed by atoms with Gasteiger partial charge in [-0.1, -0.05) is 23.7 Å². The smallest absolute Gasteiger partial charge is 0.354 e. The molecule has 1 heterocycles. The topological polar surface area (TPSA) is 50.2 Å². The molecule has 0 bridgehead atoms. The van der Waals surface area contributed by atoms with Crippen molar-refractivity contribution in [1.82, 2.24) is 4.98 Å². The molecular formula is C12H7ClFNO2. The van der Waals surface area contributed by atoms with Gasteiger partial charge in [0.05, 0.1) is 10.7 Å². The van der Waals surface area contributed by atoms with Gasteiger partial charge in [-0.3, -0.25) is 0 Å². The van der Waals surface area contributed by atoms with Crippen molar-refractivity contribution in [2.24, 2.45) is 0 Å². The Morgan fingerprint density at radius 2 is 2.06 bits per heavy atom. The Kier molecular flexibility index (Phi) is 3.06. The molecule has 0 saturated carbocycles. The van der Waals surface area contributed by atoms with Gasteiger partial charge < -0.3 is 5.11 Å². The third kappa shape index (κ3) is 2.42. The van der Waals surface area contributed by atoms with E-state index in [-0.39, 0.29) is 10.7 Å². The molecule has 0 radical (unpaired) electrons. The third-order valence-corrected chi connectivity index (χ3v) is 2.49. The second-order valence-corrected chi connectivity index (χ2v) is 3.75. The molecule has 0 saturated heterocycles. The first-order valence-electron chi connectivity index (χ1n) is 4.73. The van der Waals surface area contributed by atoms with Crippen LogP contribution >= 0.6 is 11.6 Å². The van der Waals surface area contributed by atoms with E-state index in [1.807, 2.05) is 0 Å². The predicted octanol–water partition coefficient (Wildman–Crippen LogP) is 3.24. The fourth-order valence-electron chi connectivity index (χ4n) is 1.37. The van der Waals surface area contributed by atoms with Crippen LogP contribution in [0, 0.1) is 5.82 Å². The van der Waals surface area contributed by atoms with Gasteiger partial charge in [0.2, 0.25) is 0 Å². The highest BCUT2D eigenvalue weighted by Crippen LogP contribution is 2.22. The van der Waals surface area contributed by atoms with Crippen molar-refractivity contribution in [2.75, 3.05) is 0 Å². The quantitative estimate of drug-likeness (QED) is 0.891. The first kappa shape index (κ1) is 11.5. The molecule has 0 unspecified atom stereocenters. The van der Waals surface area contributed by atoms with Gasteiger partial charge in [-0.25, -0.2) is 14.2 Å². The third-order valence-electron chi connectivity index (χ3n) is 2.18. The average molecular weight is 252 g/mol. The highest BCUT2D eigenvalue weighted by molar-refractivity contribution is 6.30. The van der Waals surface area contributed by atoms with E-state index in [0.29, 0.717) is 11.3 Å². The number of halogens is 2. The van der Waals surface area contributed by atoms with Crippen LogP contribution in [0.3, 0.4) is 0 Å². The first-order chi connectivity index (χ1) is 8.08. The van der Waals surface area contributed by atoms with E-state index >= 15 is 0 Å². The number of hydrogen-bond acceptors (Lipinski definition) is 2. The number of carboxylic acids is 1. The minimum absolute atomic E-state index is 0.0168. The Bertz CT molecular complexity index is 586. The summed E-state index contributed by atoms with van der Waals surface area (Å²) in [5.41, 5.74) is 0.785. The zero-order valence-electron chi connectivity index (χ0n) is 8.52. The summed E-state index contributed by atoms with van der Waals surface area (Å²) in [5.74, 6) is -1.69. The summed E-state index contributed by atoms with van der Waals surface area (Å²) >= 11 is 5.56. The number of benzene rings is 1. The molecule has 1 N–H and O–H groups in total.